The minimum Gasteiger partial charge on any atom is -0.358 e. The van der Waals surface area contributed by atoms with Gasteiger partial charge >= 0.3 is 0 Å². The van der Waals surface area contributed by atoms with Crippen LogP contribution in [-0.2, 0) is 19.3 Å². The zero-order valence-corrected chi connectivity index (χ0v) is 15.6. The van der Waals surface area contributed by atoms with Crippen molar-refractivity contribution >= 4 is 28.1 Å². The van der Waals surface area contributed by atoms with E-state index >= 15 is 0 Å². The number of carbonyl (C=O) groups excluding carboxylic acids is 1. The number of hydrogen-bond donors (Lipinski definition) is 1. The Morgan fingerprint density at radius 3 is 2.96 bits per heavy atom. The summed E-state index contributed by atoms with van der Waals surface area (Å²) in [7, 11) is 1.89. The zero-order valence-electron chi connectivity index (χ0n) is 14.8. The molecule has 25 heavy (non-hydrogen) atoms. The van der Waals surface area contributed by atoms with Gasteiger partial charge in [-0.25, -0.2) is 4.98 Å². The third-order valence-electron chi connectivity index (χ3n) is 5.23. The van der Waals surface area contributed by atoms with Crippen LogP contribution in [0.5, 0.6) is 0 Å². The topological polar surface area (TPSA) is 49.0 Å². The summed E-state index contributed by atoms with van der Waals surface area (Å²) in [6.07, 6.45) is 5.55. The Balaban J connectivity index is 1.59. The highest BCUT2D eigenvalue weighted by Gasteiger charge is 2.21. The normalized spacial score (nSPS) is 13.8. The van der Waals surface area contributed by atoms with Crippen molar-refractivity contribution in [3.05, 3.63) is 51.1 Å². The number of nitrogens with one attached hydrogen (secondary N) is 1. The summed E-state index contributed by atoms with van der Waals surface area (Å²) in [5, 5.41) is 1.23. The van der Waals surface area contributed by atoms with Gasteiger partial charge in [-0.05, 0) is 44.2 Å². The van der Waals surface area contributed by atoms with E-state index in [9.17, 15) is 4.79 Å². The van der Waals surface area contributed by atoms with Crippen molar-refractivity contribution in [3.8, 4) is 0 Å². The number of likely N-dealkylation sites (N-methyl/N-ethyl adjacent to an activating group) is 1. The van der Waals surface area contributed by atoms with Crippen LogP contribution in [0, 0.1) is 6.92 Å². The van der Waals surface area contributed by atoms with E-state index in [1.807, 2.05) is 36.5 Å². The average molecular weight is 353 g/mol. The first-order chi connectivity index (χ1) is 12.1. The van der Waals surface area contributed by atoms with Crippen LogP contribution in [0.15, 0.2) is 23.7 Å². The smallest absolute Gasteiger partial charge is 0.255 e. The Bertz CT molecular complexity index is 924. The minimum atomic E-state index is 0.0892. The first kappa shape index (κ1) is 16.3. The van der Waals surface area contributed by atoms with E-state index in [0.717, 1.165) is 36.0 Å². The Kier molecular flexibility index (Phi) is 4.34. The highest BCUT2D eigenvalue weighted by Crippen LogP contribution is 2.31. The summed E-state index contributed by atoms with van der Waals surface area (Å²) < 4.78 is 0. The molecule has 1 amide bonds. The number of carbonyl (C=O) groups is 1. The standard InChI is InChI=1S/C20H23N3OS/c1-13-18(25-12-21-13)10-11-23(2)20(24)16-8-5-7-15-14-6-3-4-9-17(14)22-19(15)16/h5,7-8,12,22H,3-4,6,9-11H2,1-2H3. The van der Waals surface area contributed by atoms with Crippen molar-refractivity contribution in [2.75, 3.05) is 13.6 Å². The quantitative estimate of drug-likeness (QED) is 0.767. The van der Waals surface area contributed by atoms with Gasteiger partial charge in [-0.3, -0.25) is 4.79 Å². The third kappa shape index (κ3) is 2.97. The zero-order chi connectivity index (χ0) is 17.4. The van der Waals surface area contributed by atoms with Crippen molar-refractivity contribution in [2.24, 2.45) is 0 Å². The second-order valence-electron chi connectivity index (χ2n) is 6.86. The SMILES string of the molecule is Cc1ncsc1CCN(C)C(=O)c1cccc2c3c([nH]c12)CCCC3. The van der Waals surface area contributed by atoms with Crippen molar-refractivity contribution < 1.29 is 4.79 Å². The molecule has 130 valence electrons. The molecule has 4 rings (SSSR count). The summed E-state index contributed by atoms with van der Waals surface area (Å²) in [5.41, 5.74) is 7.49. The monoisotopic (exact) mass is 353 g/mol. The van der Waals surface area contributed by atoms with Gasteiger partial charge in [-0.1, -0.05) is 12.1 Å². The van der Waals surface area contributed by atoms with E-state index in [2.05, 4.69) is 16.0 Å². The lowest BCUT2D eigenvalue weighted by Crippen LogP contribution is -2.29. The average Bonchev–Trinajstić information content (AvgIpc) is 3.22. The number of rotatable bonds is 4. The molecule has 1 aromatic carbocycles. The van der Waals surface area contributed by atoms with Crippen LogP contribution in [0.25, 0.3) is 10.9 Å². The largest absolute Gasteiger partial charge is 0.358 e. The predicted octanol–water partition coefficient (Wildman–Crippen LogP) is 4.13. The van der Waals surface area contributed by atoms with E-state index in [1.165, 1.54) is 34.4 Å². The molecule has 0 saturated heterocycles. The number of hydrogen-bond acceptors (Lipinski definition) is 3. The summed E-state index contributed by atoms with van der Waals surface area (Å²) in [6.45, 7) is 2.73. The van der Waals surface area contributed by atoms with Gasteiger partial charge in [-0.15, -0.1) is 11.3 Å². The van der Waals surface area contributed by atoms with Crippen LogP contribution in [-0.4, -0.2) is 34.4 Å². The van der Waals surface area contributed by atoms with Gasteiger partial charge in [0, 0.05) is 36.0 Å². The molecular formula is C20H23N3OS. The van der Waals surface area contributed by atoms with Gasteiger partial charge in [-0.2, -0.15) is 0 Å². The van der Waals surface area contributed by atoms with Crippen LogP contribution in [0.3, 0.4) is 0 Å². The summed E-state index contributed by atoms with van der Waals surface area (Å²) >= 11 is 1.66. The number of nitrogens with zero attached hydrogens (tertiary/aromatic N) is 2. The number of fused-ring (bicyclic) bond motifs is 3. The number of aryl methyl sites for hydroxylation is 3. The van der Waals surface area contributed by atoms with Crippen molar-refractivity contribution in [3.63, 3.8) is 0 Å². The molecule has 4 nitrogen and oxygen atoms in total. The summed E-state index contributed by atoms with van der Waals surface area (Å²) in [5.74, 6) is 0.0892. The maximum absolute atomic E-state index is 13.0. The number of para-hydroxylation sites is 1. The first-order valence-corrected chi connectivity index (χ1v) is 9.80. The van der Waals surface area contributed by atoms with Crippen LogP contribution >= 0.6 is 11.3 Å². The van der Waals surface area contributed by atoms with Gasteiger partial charge < -0.3 is 9.88 Å². The fraction of sp³-hybridized carbons (Fsp3) is 0.400. The van der Waals surface area contributed by atoms with Crippen LogP contribution < -0.4 is 0 Å². The molecule has 1 N–H and O–H groups in total. The maximum Gasteiger partial charge on any atom is 0.255 e. The Labute approximate surface area is 151 Å². The third-order valence-corrected chi connectivity index (χ3v) is 6.22. The molecule has 0 unspecified atom stereocenters. The predicted molar refractivity (Wildman–Crippen MR) is 102 cm³/mol. The molecule has 0 bridgehead atoms. The number of thiazole rings is 1. The van der Waals surface area contributed by atoms with Gasteiger partial charge in [0.05, 0.1) is 22.3 Å². The van der Waals surface area contributed by atoms with Crippen LogP contribution in [0.4, 0.5) is 0 Å². The molecule has 2 heterocycles. The molecule has 0 spiro atoms. The Morgan fingerprint density at radius 2 is 2.16 bits per heavy atom. The highest BCUT2D eigenvalue weighted by molar-refractivity contribution is 7.09. The van der Waals surface area contributed by atoms with E-state index < -0.39 is 0 Å². The van der Waals surface area contributed by atoms with E-state index in [1.54, 1.807) is 11.3 Å². The highest BCUT2D eigenvalue weighted by atomic mass is 32.1. The molecule has 1 aliphatic rings. The van der Waals surface area contributed by atoms with Crippen molar-refractivity contribution in [2.45, 2.75) is 39.0 Å². The lowest BCUT2D eigenvalue weighted by molar-refractivity contribution is 0.0798. The fourth-order valence-electron chi connectivity index (χ4n) is 3.75. The molecule has 0 atom stereocenters. The fourth-order valence-corrected chi connectivity index (χ4v) is 4.52. The number of aromatic nitrogens is 2. The minimum absolute atomic E-state index is 0.0892. The first-order valence-electron chi connectivity index (χ1n) is 8.92. The lowest BCUT2D eigenvalue weighted by Gasteiger charge is -2.17. The van der Waals surface area contributed by atoms with Gasteiger partial charge in [0.15, 0.2) is 0 Å². The van der Waals surface area contributed by atoms with Crippen LogP contribution in [0.2, 0.25) is 0 Å². The molecule has 5 heteroatoms. The molecule has 1 aliphatic carbocycles. The summed E-state index contributed by atoms with van der Waals surface area (Å²) in [4.78, 5) is 23.9. The summed E-state index contributed by atoms with van der Waals surface area (Å²) in [6, 6.07) is 6.11. The number of benzene rings is 1. The van der Waals surface area contributed by atoms with Gasteiger partial charge in [0.25, 0.3) is 5.91 Å². The molecule has 2 aromatic heterocycles. The molecule has 0 radical (unpaired) electrons. The second-order valence-corrected chi connectivity index (χ2v) is 7.79. The van der Waals surface area contributed by atoms with Gasteiger partial charge in [0.2, 0.25) is 0 Å². The molecule has 3 aromatic rings. The van der Waals surface area contributed by atoms with E-state index in [0.29, 0.717) is 6.54 Å². The molecule has 0 aliphatic heterocycles. The number of amides is 1. The van der Waals surface area contributed by atoms with E-state index in [4.69, 9.17) is 0 Å². The molecular weight excluding hydrogens is 330 g/mol. The van der Waals surface area contributed by atoms with Crippen molar-refractivity contribution in [1.29, 1.82) is 0 Å². The maximum atomic E-state index is 13.0. The van der Waals surface area contributed by atoms with E-state index in [-0.39, 0.29) is 5.91 Å². The Hall–Kier alpha value is -2.14. The van der Waals surface area contributed by atoms with Crippen molar-refractivity contribution in [1.82, 2.24) is 14.9 Å². The van der Waals surface area contributed by atoms with Crippen LogP contribution in [0.1, 0.15) is 45.0 Å². The van der Waals surface area contributed by atoms with Gasteiger partial charge in [0.1, 0.15) is 0 Å². The number of aromatic amines is 1. The second kappa shape index (κ2) is 6.64. The Morgan fingerprint density at radius 1 is 1.32 bits per heavy atom. The lowest BCUT2D eigenvalue weighted by atomic mass is 9.95. The molecule has 0 saturated carbocycles. The molecule has 0 fully saturated rings. The number of H-pyrrole nitrogens is 1.